The van der Waals surface area contributed by atoms with Gasteiger partial charge in [0.1, 0.15) is 18.0 Å². The number of hydrogen-bond donors (Lipinski definition) is 1. The summed E-state index contributed by atoms with van der Waals surface area (Å²) >= 11 is 0. The van der Waals surface area contributed by atoms with Crippen molar-refractivity contribution in [1.82, 2.24) is 5.32 Å². The number of ether oxygens (including phenoxy) is 2. The number of anilines is 1. The highest BCUT2D eigenvalue weighted by atomic mass is 32.2. The summed E-state index contributed by atoms with van der Waals surface area (Å²) in [6.45, 7) is 3.48. The van der Waals surface area contributed by atoms with E-state index < -0.39 is 22.5 Å². The summed E-state index contributed by atoms with van der Waals surface area (Å²) in [7, 11) is -1.14. The summed E-state index contributed by atoms with van der Waals surface area (Å²) in [6.07, 6.45) is 5.20. The summed E-state index contributed by atoms with van der Waals surface area (Å²) in [4.78, 5) is 13.5. The Kier molecular flexibility index (Phi) is 8.62. The average Bonchev–Trinajstić information content (AvgIpc) is 2.94. The lowest BCUT2D eigenvalue weighted by Gasteiger charge is -2.27. The van der Waals surface area contributed by atoms with Crippen LogP contribution in [0.5, 0.6) is 11.5 Å². The first kappa shape index (κ1) is 27.5. The predicted octanol–water partition coefficient (Wildman–Crippen LogP) is 5.35. The van der Waals surface area contributed by atoms with Crippen molar-refractivity contribution in [1.29, 1.82) is 0 Å². The molecule has 0 saturated heterocycles. The highest BCUT2D eigenvalue weighted by Crippen LogP contribution is 2.36. The summed E-state index contributed by atoms with van der Waals surface area (Å²) < 4.78 is 39.7. The molecule has 1 amide bonds. The second kappa shape index (κ2) is 11.9. The minimum Gasteiger partial charge on any atom is -0.497 e. The van der Waals surface area contributed by atoms with Crippen LogP contribution in [0.25, 0.3) is 0 Å². The van der Waals surface area contributed by atoms with Crippen LogP contribution in [0.4, 0.5) is 5.69 Å². The summed E-state index contributed by atoms with van der Waals surface area (Å²) in [6, 6.07) is 17.6. The van der Waals surface area contributed by atoms with Crippen molar-refractivity contribution in [2.75, 3.05) is 25.1 Å². The number of aryl methyl sites for hydroxylation is 3. The molecule has 0 bridgehead atoms. The van der Waals surface area contributed by atoms with Crippen molar-refractivity contribution in [3.05, 3.63) is 82.9 Å². The number of carbonyl (C=O) groups is 1. The molecule has 0 heterocycles. The molecule has 0 fully saturated rings. The molecule has 202 valence electrons. The molecule has 0 aliphatic heterocycles. The van der Waals surface area contributed by atoms with Crippen LogP contribution in [0.2, 0.25) is 0 Å². The van der Waals surface area contributed by atoms with Crippen molar-refractivity contribution in [3.8, 4) is 11.5 Å². The Labute approximate surface area is 225 Å². The van der Waals surface area contributed by atoms with E-state index in [1.807, 2.05) is 13.8 Å². The van der Waals surface area contributed by atoms with Gasteiger partial charge in [-0.25, -0.2) is 8.42 Å². The Morgan fingerprint density at radius 1 is 0.947 bits per heavy atom. The van der Waals surface area contributed by atoms with Gasteiger partial charge in [-0.2, -0.15) is 0 Å². The molecule has 0 saturated carbocycles. The monoisotopic (exact) mass is 536 g/mol. The lowest BCUT2D eigenvalue weighted by Crippen LogP contribution is -2.42. The first-order valence-corrected chi connectivity index (χ1v) is 14.4. The van der Waals surface area contributed by atoms with Crippen molar-refractivity contribution in [2.45, 2.75) is 56.9 Å². The lowest BCUT2D eigenvalue weighted by atomic mass is 9.89. The summed E-state index contributed by atoms with van der Waals surface area (Å²) in [5.74, 6) is 0.358. The van der Waals surface area contributed by atoms with E-state index in [0.717, 1.165) is 28.3 Å². The van der Waals surface area contributed by atoms with Gasteiger partial charge in [0.15, 0.2) is 0 Å². The first-order valence-electron chi connectivity index (χ1n) is 13.0. The molecule has 3 aromatic carbocycles. The number of benzene rings is 3. The summed E-state index contributed by atoms with van der Waals surface area (Å²) in [5, 5.41) is 3.07. The number of amides is 1. The van der Waals surface area contributed by atoms with E-state index in [2.05, 4.69) is 23.5 Å². The van der Waals surface area contributed by atoms with Crippen molar-refractivity contribution >= 4 is 21.6 Å². The van der Waals surface area contributed by atoms with Gasteiger partial charge in [0, 0.05) is 6.07 Å². The molecule has 1 unspecified atom stereocenters. The number of fused-ring (bicyclic) bond motifs is 1. The Morgan fingerprint density at radius 2 is 1.66 bits per heavy atom. The zero-order chi connectivity index (χ0) is 27.3. The first-order chi connectivity index (χ1) is 18.3. The largest absolute Gasteiger partial charge is 0.497 e. The third-order valence-electron chi connectivity index (χ3n) is 7.07. The predicted molar refractivity (Wildman–Crippen MR) is 150 cm³/mol. The van der Waals surface area contributed by atoms with Gasteiger partial charge in [-0.3, -0.25) is 9.10 Å². The van der Waals surface area contributed by atoms with E-state index in [1.54, 1.807) is 42.5 Å². The van der Waals surface area contributed by atoms with E-state index in [1.165, 1.54) is 38.2 Å². The molecule has 4 rings (SSSR count). The van der Waals surface area contributed by atoms with Crippen molar-refractivity contribution < 1.29 is 22.7 Å². The molecular formula is C30H36N2O5S. The minimum atomic E-state index is -4.11. The van der Waals surface area contributed by atoms with Gasteiger partial charge in [-0.15, -0.1) is 0 Å². The number of rotatable bonds is 10. The Balaban J connectivity index is 1.67. The van der Waals surface area contributed by atoms with Gasteiger partial charge < -0.3 is 14.8 Å². The number of nitrogens with zero attached hydrogens (tertiary/aromatic N) is 1. The maximum Gasteiger partial charge on any atom is 0.264 e. The minimum absolute atomic E-state index is 0.0856. The molecule has 8 heteroatoms. The third-order valence-corrected chi connectivity index (χ3v) is 8.84. The zero-order valence-electron chi connectivity index (χ0n) is 22.5. The second-order valence-electron chi connectivity index (χ2n) is 9.63. The van der Waals surface area contributed by atoms with Gasteiger partial charge in [0.25, 0.3) is 10.0 Å². The molecular weight excluding hydrogens is 500 g/mol. The molecule has 7 nitrogen and oxygen atoms in total. The standard InChI is InChI=1S/C30H36N2O5S/c1-5-27(24-13-12-22-8-6-7-9-23(22)18-24)31-30(33)20-32(28-19-25(36-3)14-17-29(28)37-4)38(34,35)26-15-10-21(2)11-16-26/h10-19,27H,5-9,20H2,1-4H3,(H,31,33). The van der Waals surface area contributed by atoms with E-state index >= 15 is 0 Å². The van der Waals surface area contributed by atoms with Crippen LogP contribution < -0.4 is 19.1 Å². The maximum absolute atomic E-state index is 13.9. The zero-order valence-corrected chi connectivity index (χ0v) is 23.3. The lowest BCUT2D eigenvalue weighted by molar-refractivity contribution is -0.120. The van der Waals surface area contributed by atoms with Crippen LogP contribution in [0.3, 0.4) is 0 Å². The number of hydrogen-bond acceptors (Lipinski definition) is 5. The number of carbonyl (C=O) groups excluding carboxylic acids is 1. The topological polar surface area (TPSA) is 84.9 Å². The van der Waals surface area contributed by atoms with Crippen LogP contribution in [0.1, 0.15) is 54.5 Å². The number of nitrogens with one attached hydrogen (secondary N) is 1. The molecule has 1 N–H and O–H groups in total. The van der Waals surface area contributed by atoms with Gasteiger partial charge in [0.2, 0.25) is 5.91 Å². The second-order valence-corrected chi connectivity index (χ2v) is 11.5. The van der Waals surface area contributed by atoms with Crippen LogP contribution in [-0.4, -0.2) is 35.1 Å². The van der Waals surface area contributed by atoms with Gasteiger partial charge in [-0.1, -0.05) is 42.8 Å². The van der Waals surface area contributed by atoms with Crippen LogP contribution in [0.15, 0.2) is 65.6 Å². The Bertz CT molecular complexity index is 1390. The molecule has 38 heavy (non-hydrogen) atoms. The molecule has 1 atom stereocenters. The Hall–Kier alpha value is -3.52. The smallest absolute Gasteiger partial charge is 0.264 e. The van der Waals surface area contributed by atoms with Gasteiger partial charge in [0.05, 0.1) is 30.8 Å². The summed E-state index contributed by atoms with van der Waals surface area (Å²) in [5.41, 5.74) is 4.91. The van der Waals surface area contributed by atoms with E-state index in [9.17, 15) is 13.2 Å². The van der Waals surface area contributed by atoms with E-state index in [4.69, 9.17) is 9.47 Å². The van der Waals surface area contributed by atoms with E-state index in [0.29, 0.717) is 17.9 Å². The maximum atomic E-state index is 13.9. The van der Waals surface area contributed by atoms with Crippen molar-refractivity contribution in [3.63, 3.8) is 0 Å². The fourth-order valence-electron chi connectivity index (χ4n) is 4.89. The number of sulfonamides is 1. The van der Waals surface area contributed by atoms with Crippen LogP contribution >= 0.6 is 0 Å². The molecule has 1 aliphatic carbocycles. The van der Waals surface area contributed by atoms with Crippen molar-refractivity contribution in [2.24, 2.45) is 0 Å². The molecule has 0 aromatic heterocycles. The van der Waals surface area contributed by atoms with Crippen LogP contribution in [0, 0.1) is 6.92 Å². The highest BCUT2D eigenvalue weighted by Gasteiger charge is 2.30. The third kappa shape index (κ3) is 5.96. The quantitative estimate of drug-likeness (QED) is 0.377. The molecule has 1 aliphatic rings. The van der Waals surface area contributed by atoms with Crippen LogP contribution in [-0.2, 0) is 27.7 Å². The number of methoxy groups -OCH3 is 2. The molecule has 0 radical (unpaired) electrons. The SMILES string of the molecule is CCC(NC(=O)CN(c1cc(OC)ccc1OC)S(=O)(=O)c1ccc(C)cc1)c1ccc2c(c1)CCCC2. The fourth-order valence-corrected chi connectivity index (χ4v) is 6.31. The fraction of sp³-hybridized carbons (Fsp3) is 0.367. The van der Waals surface area contributed by atoms with Gasteiger partial charge >= 0.3 is 0 Å². The highest BCUT2D eigenvalue weighted by molar-refractivity contribution is 7.92. The van der Waals surface area contributed by atoms with Gasteiger partial charge in [-0.05, 0) is 80.0 Å². The Morgan fingerprint density at radius 3 is 2.32 bits per heavy atom. The molecule has 3 aromatic rings. The normalized spacial score (nSPS) is 13.8. The van der Waals surface area contributed by atoms with E-state index in [-0.39, 0.29) is 16.6 Å². The molecule has 0 spiro atoms. The average molecular weight is 537 g/mol.